The van der Waals surface area contributed by atoms with Gasteiger partial charge in [0.25, 0.3) is 0 Å². The van der Waals surface area contributed by atoms with Crippen molar-refractivity contribution >= 4 is 28.6 Å². The van der Waals surface area contributed by atoms with Crippen LogP contribution in [0.5, 0.6) is 0 Å². The zero-order valence-corrected chi connectivity index (χ0v) is 12.8. The molecule has 5 heteroatoms. The van der Waals surface area contributed by atoms with Crippen LogP contribution < -0.4 is 4.80 Å². The lowest BCUT2D eigenvalue weighted by molar-refractivity contribution is 0.160. The molecule has 0 radical (unpaired) electrons. The number of para-hydroxylation sites is 1. The highest BCUT2D eigenvalue weighted by atomic mass is 35.5. The van der Waals surface area contributed by atoms with Crippen molar-refractivity contribution in [3.8, 4) is 0 Å². The largest absolute Gasteiger partial charge is 0.383 e. The van der Waals surface area contributed by atoms with Gasteiger partial charge in [-0.1, -0.05) is 23.7 Å². The molecule has 102 valence electrons. The SMILES string of the molecule is COCC(C)n1c(C)csc1=Nc1ccccc1Cl. The molecule has 0 spiro atoms. The van der Waals surface area contributed by atoms with Gasteiger partial charge in [0.2, 0.25) is 0 Å². The van der Waals surface area contributed by atoms with E-state index in [-0.39, 0.29) is 6.04 Å². The van der Waals surface area contributed by atoms with Crippen LogP contribution in [0.4, 0.5) is 5.69 Å². The van der Waals surface area contributed by atoms with Crippen molar-refractivity contribution < 1.29 is 4.74 Å². The lowest BCUT2D eigenvalue weighted by atomic mass is 10.3. The minimum atomic E-state index is 0.248. The van der Waals surface area contributed by atoms with Crippen LogP contribution in [0.25, 0.3) is 0 Å². The van der Waals surface area contributed by atoms with E-state index in [2.05, 4.69) is 28.8 Å². The molecule has 1 unspecified atom stereocenters. The molecule has 0 aliphatic rings. The van der Waals surface area contributed by atoms with Crippen LogP contribution in [0, 0.1) is 6.92 Å². The first-order chi connectivity index (χ1) is 9.13. The maximum absolute atomic E-state index is 6.15. The Morgan fingerprint density at radius 1 is 1.42 bits per heavy atom. The topological polar surface area (TPSA) is 26.5 Å². The number of rotatable bonds is 4. The molecule has 0 amide bonds. The van der Waals surface area contributed by atoms with Crippen LogP contribution in [-0.4, -0.2) is 18.3 Å². The summed E-state index contributed by atoms with van der Waals surface area (Å²) < 4.78 is 7.41. The molecule has 1 heterocycles. The molecule has 19 heavy (non-hydrogen) atoms. The number of ether oxygens (including phenoxy) is 1. The molecule has 2 rings (SSSR count). The van der Waals surface area contributed by atoms with Crippen molar-refractivity contribution in [2.24, 2.45) is 4.99 Å². The second-order valence-electron chi connectivity index (χ2n) is 4.40. The molecule has 0 fully saturated rings. The van der Waals surface area contributed by atoms with Crippen molar-refractivity contribution in [1.29, 1.82) is 0 Å². The van der Waals surface area contributed by atoms with E-state index in [4.69, 9.17) is 16.3 Å². The fourth-order valence-corrected chi connectivity index (χ4v) is 3.14. The molecule has 0 bridgehead atoms. The van der Waals surface area contributed by atoms with E-state index < -0.39 is 0 Å². The molecule has 0 saturated carbocycles. The number of hydrogen-bond donors (Lipinski definition) is 0. The zero-order chi connectivity index (χ0) is 13.8. The molecule has 0 saturated heterocycles. The highest BCUT2D eigenvalue weighted by Crippen LogP contribution is 2.23. The van der Waals surface area contributed by atoms with E-state index in [1.165, 1.54) is 5.69 Å². The third-order valence-corrected chi connectivity index (χ3v) is 4.12. The van der Waals surface area contributed by atoms with Crippen LogP contribution in [0.15, 0.2) is 34.6 Å². The summed E-state index contributed by atoms with van der Waals surface area (Å²) in [6, 6.07) is 7.86. The number of aromatic nitrogens is 1. The van der Waals surface area contributed by atoms with Gasteiger partial charge in [-0.25, -0.2) is 4.99 Å². The van der Waals surface area contributed by atoms with Crippen molar-refractivity contribution in [1.82, 2.24) is 4.57 Å². The summed E-state index contributed by atoms with van der Waals surface area (Å²) in [5.74, 6) is 0. The van der Waals surface area contributed by atoms with Crippen LogP contribution >= 0.6 is 22.9 Å². The van der Waals surface area contributed by atoms with E-state index in [0.717, 1.165) is 10.5 Å². The van der Waals surface area contributed by atoms with Crippen molar-refractivity contribution in [2.75, 3.05) is 13.7 Å². The molecule has 1 aromatic carbocycles. The lowest BCUT2D eigenvalue weighted by Crippen LogP contribution is -2.23. The zero-order valence-electron chi connectivity index (χ0n) is 11.3. The monoisotopic (exact) mass is 296 g/mol. The summed E-state index contributed by atoms with van der Waals surface area (Å²) in [4.78, 5) is 5.60. The first kappa shape index (κ1) is 14.3. The summed E-state index contributed by atoms with van der Waals surface area (Å²) >= 11 is 7.77. The van der Waals surface area contributed by atoms with Gasteiger partial charge in [0, 0.05) is 18.2 Å². The smallest absolute Gasteiger partial charge is 0.190 e. The Kier molecular flexibility index (Phi) is 4.80. The minimum absolute atomic E-state index is 0.248. The number of methoxy groups -OCH3 is 1. The average molecular weight is 297 g/mol. The summed E-state index contributed by atoms with van der Waals surface area (Å²) in [5, 5.41) is 2.77. The lowest BCUT2D eigenvalue weighted by Gasteiger charge is -2.14. The van der Waals surface area contributed by atoms with Crippen molar-refractivity contribution in [3.63, 3.8) is 0 Å². The Labute approximate surface area is 122 Å². The third-order valence-electron chi connectivity index (χ3n) is 2.84. The fraction of sp³-hybridized carbons (Fsp3) is 0.357. The van der Waals surface area contributed by atoms with Gasteiger partial charge < -0.3 is 9.30 Å². The summed E-state index contributed by atoms with van der Waals surface area (Å²) in [5.41, 5.74) is 1.98. The van der Waals surface area contributed by atoms with Crippen molar-refractivity contribution in [2.45, 2.75) is 19.9 Å². The maximum Gasteiger partial charge on any atom is 0.190 e. The molecule has 3 nitrogen and oxygen atoms in total. The van der Waals surface area contributed by atoms with Gasteiger partial charge in [-0.05, 0) is 26.0 Å². The number of benzene rings is 1. The third kappa shape index (κ3) is 3.26. The Morgan fingerprint density at radius 2 is 2.16 bits per heavy atom. The normalized spacial score (nSPS) is 13.8. The van der Waals surface area contributed by atoms with Crippen LogP contribution in [0.1, 0.15) is 18.7 Å². The van der Waals surface area contributed by atoms with Crippen LogP contribution in [-0.2, 0) is 4.74 Å². The van der Waals surface area contributed by atoms with Gasteiger partial charge >= 0.3 is 0 Å². The molecular weight excluding hydrogens is 280 g/mol. The maximum atomic E-state index is 6.15. The second-order valence-corrected chi connectivity index (χ2v) is 5.64. The molecule has 0 aliphatic carbocycles. The predicted molar refractivity (Wildman–Crippen MR) is 80.3 cm³/mol. The van der Waals surface area contributed by atoms with Gasteiger partial charge in [-0.3, -0.25) is 0 Å². The predicted octanol–water partition coefficient (Wildman–Crippen LogP) is 3.95. The van der Waals surface area contributed by atoms with E-state index in [1.54, 1.807) is 18.4 Å². The van der Waals surface area contributed by atoms with Crippen molar-refractivity contribution in [3.05, 3.63) is 45.2 Å². The molecule has 2 aromatic rings. The van der Waals surface area contributed by atoms with Gasteiger partial charge in [0.1, 0.15) is 0 Å². The van der Waals surface area contributed by atoms with E-state index >= 15 is 0 Å². The Morgan fingerprint density at radius 3 is 2.84 bits per heavy atom. The number of thiazole rings is 1. The quantitative estimate of drug-likeness (QED) is 0.839. The number of halogens is 1. The highest BCUT2D eigenvalue weighted by Gasteiger charge is 2.09. The van der Waals surface area contributed by atoms with Gasteiger partial charge in [0.05, 0.1) is 23.4 Å². The summed E-state index contributed by atoms with van der Waals surface area (Å²) in [7, 11) is 1.71. The average Bonchev–Trinajstić information content (AvgIpc) is 2.74. The van der Waals surface area contributed by atoms with E-state index in [9.17, 15) is 0 Å². The molecule has 1 atom stereocenters. The molecule has 1 aromatic heterocycles. The Bertz CT molecular complexity index is 618. The van der Waals surface area contributed by atoms with Crippen LogP contribution in [0.2, 0.25) is 5.02 Å². The number of hydrogen-bond acceptors (Lipinski definition) is 3. The van der Waals surface area contributed by atoms with E-state index in [0.29, 0.717) is 11.6 Å². The first-order valence-electron chi connectivity index (χ1n) is 6.08. The van der Waals surface area contributed by atoms with Gasteiger partial charge in [-0.2, -0.15) is 0 Å². The Balaban J connectivity index is 2.49. The summed E-state index contributed by atoms with van der Waals surface area (Å²) in [6.07, 6.45) is 0. The molecule has 0 N–H and O–H groups in total. The van der Waals surface area contributed by atoms with E-state index in [1.807, 2.05) is 24.3 Å². The fourth-order valence-electron chi connectivity index (χ4n) is 1.98. The number of nitrogens with zero attached hydrogens (tertiary/aromatic N) is 2. The van der Waals surface area contributed by atoms with Gasteiger partial charge in [-0.15, -0.1) is 11.3 Å². The number of aryl methyl sites for hydroxylation is 1. The first-order valence-corrected chi connectivity index (χ1v) is 7.34. The Hall–Kier alpha value is -1.10. The minimum Gasteiger partial charge on any atom is -0.383 e. The van der Waals surface area contributed by atoms with Gasteiger partial charge in [0.15, 0.2) is 4.80 Å². The summed E-state index contributed by atoms with van der Waals surface area (Å²) in [6.45, 7) is 4.86. The molecular formula is C14H17ClN2OS. The second kappa shape index (κ2) is 6.37. The highest BCUT2D eigenvalue weighted by molar-refractivity contribution is 7.07. The standard InChI is InChI=1S/C14H17ClN2OS/c1-10(8-18-3)17-11(2)9-19-14(17)16-13-7-5-4-6-12(13)15/h4-7,9-10H,8H2,1-3H3. The van der Waals surface area contributed by atoms with Crippen LogP contribution in [0.3, 0.4) is 0 Å². The molecule has 0 aliphatic heterocycles.